The predicted molar refractivity (Wildman–Crippen MR) is 93.7 cm³/mol. The van der Waals surface area contributed by atoms with Crippen LogP contribution in [-0.4, -0.2) is 33.9 Å². The first-order valence-electron chi connectivity index (χ1n) is 7.63. The molecule has 0 bridgehead atoms. The maximum atomic E-state index is 8.99. The number of nitriles is 1. The number of aromatic nitrogens is 3. The van der Waals surface area contributed by atoms with Crippen molar-refractivity contribution >= 4 is 27.1 Å². The smallest absolute Gasteiger partial charge is 0.101 e. The van der Waals surface area contributed by atoms with Gasteiger partial charge in [0.15, 0.2) is 0 Å². The van der Waals surface area contributed by atoms with Crippen molar-refractivity contribution in [2.75, 3.05) is 18.5 Å². The molecule has 0 saturated carbocycles. The van der Waals surface area contributed by atoms with Crippen molar-refractivity contribution in [3.63, 3.8) is 0 Å². The third-order valence-electron chi connectivity index (χ3n) is 4.04. The number of ether oxygens (including phenoxy) is 1. The van der Waals surface area contributed by atoms with Gasteiger partial charge >= 0.3 is 0 Å². The molecule has 0 amide bonds. The Morgan fingerprint density at radius 3 is 3.04 bits per heavy atom. The first-order chi connectivity index (χ1) is 11.7. The summed E-state index contributed by atoms with van der Waals surface area (Å²) in [6.07, 6.45) is 4.34. The fourth-order valence-electron chi connectivity index (χ4n) is 2.81. The zero-order valence-corrected chi connectivity index (χ0v) is 14.3. The van der Waals surface area contributed by atoms with E-state index >= 15 is 0 Å². The van der Waals surface area contributed by atoms with Crippen LogP contribution >= 0.6 is 15.9 Å². The van der Waals surface area contributed by atoms with E-state index in [2.05, 4.69) is 37.4 Å². The van der Waals surface area contributed by atoms with Crippen molar-refractivity contribution in [2.45, 2.75) is 12.5 Å². The second kappa shape index (κ2) is 6.23. The lowest BCUT2D eigenvalue weighted by Crippen LogP contribution is -2.19. The second-order valence-corrected chi connectivity index (χ2v) is 6.52. The highest BCUT2D eigenvalue weighted by atomic mass is 79.9. The van der Waals surface area contributed by atoms with Gasteiger partial charge in [-0.25, -0.2) is 4.52 Å². The summed E-state index contributed by atoms with van der Waals surface area (Å²) in [6, 6.07) is 10.1. The van der Waals surface area contributed by atoms with Gasteiger partial charge in [-0.1, -0.05) is 0 Å². The van der Waals surface area contributed by atoms with Crippen LogP contribution in [0.4, 0.5) is 5.69 Å². The molecule has 0 radical (unpaired) electrons. The Bertz CT molecular complexity index is 940. The second-order valence-electron chi connectivity index (χ2n) is 5.67. The molecule has 0 spiro atoms. The molecule has 4 heterocycles. The molecular weight excluding hydrogens is 370 g/mol. The summed E-state index contributed by atoms with van der Waals surface area (Å²) < 4.78 is 8.12. The number of anilines is 1. The summed E-state index contributed by atoms with van der Waals surface area (Å²) >= 11 is 3.55. The number of halogens is 1. The Morgan fingerprint density at radius 2 is 2.25 bits per heavy atom. The van der Waals surface area contributed by atoms with Crippen molar-refractivity contribution in [1.82, 2.24) is 14.6 Å². The number of rotatable bonds is 3. The first-order valence-corrected chi connectivity index (χ1v) is 8.42. The molecule has 4 rings (SSSR count). The third kappa shape index (κ3) is 2.75. The van der Waals surface area contributed by atoms with E-state index in [9.17, 15) is 0 Å². The Kier molecular flexibility index (Phi) is 3.92. The Labute approximate surface area is 147 Å². The number of nitrogens with one attached hydrogen (secondary N) is 1. The maximum absolute atomic E-state index is 8.99. The maximum Gasteiger partial charge on any atom is 0.101 e. The van der Waals surface area contributed by atoms with Crippen LogP contribution in [0.3, 0.4) is 0 Å². The number of pyridine rings is 1. The molecule has 6 nitrogen and oxygen atoms in total. The van der Waals surface area contributed by atoms with E-state index in [4.69, 9.17) is 10.00 Å². The predicted octanol–water partition coefficient (Wildman–Crippen LogP) is 3.23. The van der Waals surface area contributed by atoms with E-state index in [1.807, 2.05) is 24.3 Å². The summed E-state index contributed by atoms with van der Waals surface area (Å²) in [6.45, 7) is 1.51. The topological polar surface area (TPSA) is 75.2 Å². The van der Waals surface area contributed by atoms with Gasteiger partial charge in [0.05, 0.1) is 51.5 Å². The Morgan fingerprint density at radius 1 is 1.33 bits per heavy atom. The van der Waals surface area contributed by atoms with Crippen LogP contribution < -0.4 is 5.32 Å². The van der Waals surface area contributed by atoms with Gasteiger partial charge < -0.3 is 10.1 Å². The van der Waals surface area contributed by atoms with Gasteiger partial charge in [-0.2, -0.15) is 10.4 Å². The Balaban J connectivity index is 1.72. The van der Waals surface area contributed by atoms with Crippen LogP contribution in [-0.2, 0) is 4.74 Å². The van der Waals surface area contributed by atoms with Crippen molar-refractivity contribution in [3.05, 3.63) is 46.7 Å². The minimum absolute atomic E-state index is 0.317. The summed E-state index contributed by atoms with van der Waals surface area (Å²) in [7, 11) is 0. The van der Waals surface area contributed by atoms with E-state index in [0.29, 0.717) is 11.6 Å². The molecule has 1 fully saturated rings. The average molecular weight is 384 g/mol. The Hall–Kier alpha value is -2.43. The van der Waals surface area contributed by atoms with E-state index < -0.39 is 0 Å². The molecule has 0 unspecified atom stereocenters. The van der Waals surface area contributed by atoms with Gasteiger partial charge in [0.25, 0.3) is 0 Å². The first kappa shape index (κ1) is 15.1. The largest absolute Gasteiger partial charge is 0.379 e. The van der Waals surface area contributed by atoms with Crippen molar-refractivity contribution < 1.29 is 4.74 Å². The fourth-order valence-corrected chi connectivity index (χ4v) is 3.14. The summed E-state index contributed by atoms with van der Waals surface area (Å²) in [5.41, 5.74) is 4.09. The van der Waals surface area contributed by atoms with Crippen molar-refractivity contribution in [1.29, 1.82) is 5.26 Å². The highest BCUT2D eigenvalue weighted by Gasteiger charge is 2.17. The van der Waals surface area contributed by atoms with Crippen LogP contribution in [0.2, 0.25) is 0 Å². The van der Waals surface area contributed by atoms with Crippen LogP contribution in [0, 0.1) is 11.3 Å². The van der Waals surface area contributed by atoms with Gasteiger partial charge in [0, 0.05) is 12.8 Å². The van der Waals surface area contributed by atoms with Crippen LogP contribution in [0.25, 0.3) is 16.9 Å². The standard InChI is InChI=1S/C17H14BrN5O/c18-14-9-20-16(6-15(14)22-12-3-4-24-10-12)17-2-1-13-5-11(7-19)8-21-23(13)17/h1-2,5-6,8-9,12H,3-4,10H2,(H,20,22)/t12-/m0/s1. The molecule has 0 aliphatic carbocycles. The molecule has 7 heteroatoms. The van der Waals surface area contributed by atoms with Gasteiger partial charge in [-0.3, -0.25) is 4.98 Å². The monoisotopic (exact) mass is 383 g/mol. The lowest BCUT2D eigenvalue weighted by molar-refractivity contribution is 0.195. The number of hydrogen-bond donors (Lipinski definition) is 1. The molecule has 3 aromatic rings. The quantitative estimate of drug-likeness (QED) is 0.751. The fraction of sp³-hybridized carbons (Fsp3) is 0.235. The molecule has 1 saturated heterocycles. The summed E-state index contributed by atoms with van der Waals surface area (Å²) in [5, 5.41) is 16.8. The lowest BCUT2D eigenvalue weighted by atomic mass is 10.2. The minimum atomic E-state index is 0.317. The number of fused-ring (bicyclic) bond motifs is 1. The number of nitrogens with zero attached hydrogens (tertiary/aromatic N) is 4. The molecule has 3 aromatic heterocycles. The summed E-state index contributed by atoms with van der Waals surface area (Å²) in [4.78, 5) is 4.50. The van der Waals surface area contributed by atoms with E-state index in [1.165, 1.54) is 0 Å². The van der Waals surface area contributed by atoms with Crippen molar-refractivity contribution in [3.8, 4) is 17.5 Å². The average Bonchev–Trinajstić information content (AvgIpc) is 3.25. The van der Waals surface area contributed by atoms with Gasteiger partial charge in [0.2, 0.25) is 0 Å². The number of hydrogen-bond acceptors (Lipinski definition) is 5. The molecule has 1 N–H and O–H groups in total. The molecule has 24 heavy (non-hydrogen) atoms. The third-order valence-corrected chi connectivity index (χ3v) is 4.67. The summed E-state index contributed by atoms with van der Waals surface area (Å²) in [5.74, 6) is 0. The minimum Gasteiger partial charge on any atom is -0.379 e. The highest BCUT2D eigenvalue weighted by molar-refractivity contribution is 9.10. The lowest BCUT2D eigenvalue weighted by Gasteiger charge is -2.14. The zero-order chi connectivity index (χ0) is 16.5. The van der Waals surface area contributed by atoms with E-state index in [1.54, 1.807) is 16.9 Å². The molecule has 1 aliphatic heterocycles. The van der Waals surface area contributed by atoms with E-state index in [0.717, 1.165) is 46.7 Å². The normalized spacial score (nSPS) is 17.1. The zero-order valence-electron chi connectivity index (χ0n) is 12.7. The molecule has 0 aromatic carbocycles. The highest BCUT2D eigenvalue weighted by Crippen LogP contribution is 2.29. The van der Waals surface area contributed by atoms with Crippen LogP contribution in [0.5, 0.6) is 0 Å². The van der Waals surface area contributed by atoms with Crippen LogP contribution in [0.15, 0.2) is 41.1 Å². The van der Waals surface area contributed by atoms with Crippen LogP contribution in [0.1, 0.15) is 12.0 Å². The van der Waals surface area contributed by atoms with Gasteiger partial charge in [-0.05, 0) is 46.6 Å². The van der Waals surface area contributed by atoms with Gasteiger partial charge in [-0.15, -0.1) is 0 Å². The van der Waals surface area contributed by atoms with Gasteiger partial charge in [0.1, 0.15) is 6.07 Å². The SMILES string of the molecule is N#Cc1cnn2c(-c3cc(N[C@H]4CCOC4)c(Br)cn3)ccc2c1. The molecular formula is C17H14BrN5O. The molecule has 1 aliphatic rings. The van der Waals surface area contributed by atoms with Crippen molar-refractivity contribution in [2.24, 2.45) is 0 Å². The molecule has 120 valence electrons. The molecule has 1 atom stereocenters. The van der Waals surface area contributed by atoms with E-state index in [-0.39, 0.29) is 0 Å².